The van der Waals surface area contributed by atoms with Crippen LogP contribution in [0.2, 0.25) is 0 Å². The smallest absolute Gasteiger partial charge is 0.190 e. The van der Waals surface area contributed by atoms with E-state index in [9.17, 15) is 0 Å². The first-order valence-electron chi connectivity index (χ1n) is 9.98. The van der Waals surface area contributed by atoms with E-state index in [1.54, 1.807) is 0 Å². The minimum atomic E-state index is -0.0269. The molecular formula is C25H24N2O. The van der Waals surface area contributed by atoms with Gasteiger partial charge >= 0.3 is 0 Å². The fourth-order valence-electron chi connectivity index (χ4n) is 4.16. The lowest BCUT2D eigenvalue weighted by molar-refractivity contribution is -0.0461. The minimum absolute atomic E-state index is 0.0269. The van der Waals surface area contributed by atoms with Gasteiger partial charge < -0.3 is 4.74 Å². The van der Waals surface area contributed by atoms with Crippen LogP contribution in [0.5, 0.6) is 5.75 Å². The molecule has 2 atom stereocenters. The zero-order valence-corrected chi connectivity index (χ0v) is 16.2. The van der Waals surface area contributed by atoms with Crippen LogP contribution in [0.3, 0.4) is 0 Å². The van der Waals surface area contributed by atoms with Gasteiger partial charge in [0, 0.05) is 17.9 Å². The summed E-state index contributed by atoms with van der Waals surface area (Å²) in [6.45, 7) is 4.38. The zero-order valence-electron chi connectivity index (χ0n) is 16.2. The molecule has 0 saturated heterocycles. The summed E-state index contributed by atoms with van der Waals surface area (Å²) in [5.41, 5.74) is 6.03. The van der Waals surface area contributed by atoms with Crippen molar-refractivity contribution in [3.8, 4) is 16.9 Å². The fourth-order valence-corrected chi connectivity index (χ4v) is 4.16. The van der Waals surface area contributed by atoms with Gasteiger partial charge in [-0.05, 0) is 22.8 Å². The van der Waals surface area contributed by atoms with Gasteiger partial charge in [0.25, 0.3) is 0 Å². The molecule has 5 rings (SSSR count). The van der Waals surface area contributed by atoms with Crippen LogP contribution >= 0.6 is 0 Å². The second-order valence-electron chi connectivity index (χ2n) is 7.88. The number of ether oxygens (including phenoxy) is 1. The molecule has 0 spiro atoms. The van der Waals surface area contributed by atoms with E-state index >= 15 is 0 Å². The van der Waals surface area contributed by atoms with Crippen LogP contribution in [0.15, 0.2) is 84.0 Å². The predicted octanol–water partition coefficient (Wildman–Crippen LogP) is 5.88. The Balaban J connectivity index is 1.47. The lowest BCUT2D eigenvalue weighted by Crippen LogP contribution is -2.43. The Morgan fingerprint density at radius 1 is 0.821 bits per heavy atom. The van der Waals surface area contributed by atoms with Gasteiger partial charge in [-0.1, -0.05) is 86.6 Å². The number of benzene rings is 3. The van der Waals surface area contributed by atoms with Crippen molar-refractivity contribution in [3.05, 3.63) is 90.0 Å². The Hall–Kier alpha value is -3.07. The summed E-state index contributed by atoms with van der Waals surface area (Å²) in [5.74, 6) is 1.36. The molecule has 3 aromatic rings. The van der Waals surface area contributed by atoms with Crippen molar-refractivity contribution in [2.75, 3.05) is 0 Å². The highest BCUT2D eigenvalue weighted by atomic mass is 16.5. The number of hydrazone groups is 1. The van der Waals surface area contributed by atoms with E-state index in [-0.39, 0.29) is 12.3 Å². The maximum absolute atomic E-state index is 6.29. The molecule has 0 saturated carbocycles. The van der Waals surface area contributed by atoms with Crippen LogP contribution in [0.1, 0.15) is 37.4 Å². The lowest BCUT2D eigenvalue weighted by Gasteiger charge is -2.39. The minimum Gasteiger partial charge on any atom is -0.468 e. The molecule has 0 N–H and O–H groups in total. The Labute approximate surface area is 166 Å². The summed E-state index contributed by atoms with van der Waals surface area (Å²) < 4.78 is 6.29. The first kappa shape index (κ1) is 17.1. The van der Waals surface area contributed by atoms with Crippen LogP contribution in [-0.2, 0) is 0 Å². The van der Waals surface area contributed by atoms with Crippen molar-refractivity contribution in [2.45, 2.75) is 32.5 Å². The van der Waals surface area contributed by atoms with E-state index < -0.39 is 0 Å². The Kier molecular flexibility index (Phi) is 4.16. The first-order valence-corrected chi connectivity index (χ1v) is 9.98. The average Bonchev–Trinajstić information content (AvgIpc) is 3.19. The van der Waals surface area contributed by atoms with E-state index in [0.29, 0.717) is 5.92 Å². The highest BCUT2D eigenvalue weighted by molar-refractivity contribution is 6.02. The van der Waals surface area contributed by atoms with E-state index in [2.05, 4.69) is 85.6 Å². The number of fused-ring (bicyclic) bond motifs is 3. The lowest BCUT2D eigenvalue weighted by atomic mass is 9.95. The van der Waals surface area contributed by atoms with Crippen molar-refractivity contribution in [3.63, 3.8) is 0 Å². The van der Waals surface area contributed by atoms with Gasteiger partial charge in [0.05, 0.1) is 11.8 Å². The molecule has 2 aliphatic heterocycles. The van der Waals surface area contributed by atoms with Gasteiger partial charge in [-0.15, -0.1) is 0 Å². The Morgan fingerprint density at radius 2 is 1.46 bits per heavy atom. The van der Waals surface area contributed by atoms with Crippen LogP contribution in [-0.4, -0.2) is 16.9 Å². The molecule has 0 amide bonds. The third-order valence-electron chi connectivity index (χ3n) is 5.62. The van der Waals surface area contributed by atoms with Gasteiger partial charge in [-0.3, -0.25) is 0 Å². The van der Waals surface area contributed by atoms with Gasteiger partial charge in [-0.25, -0.2) is 5.01 Å². The summed E-state index contributed by atoms with van der Waals surface area (Å²) >= 11 is 0. The van der Waals surface area contributed by atoms with Crippen molar-refractivity contribution in [1.29, 1.82) is 0 Å². The number of para-hydroxylation sites is 1. The second-order valence-corrected chi connectivity index (χ2v) is 7.88. The molecule has 28 heavy (non-hydrogen) atoms. The molecule has 0 unspecified atom stereocenters. The molecule has 3 aromatic carbocycles. The molecule has 0 bridgehead atoms. The normalized spacial score (nSPS) is 20.4. The highest BCUT2D eigenvalue weighted by Gasteiger charge is 2.41. The van der Waals surface area contributed by atoms with Gasteiger partial charge in [-0.2, -0.15) is 5.10 Å². The average molecular weight is 368 g/mol. The van der Waals surface area contributed by atoms with Crippen molar-refractivity contribution < 1.29 is 4.74 Å². The van der Waals surface area contributed by atoms with Gasteiger partial charge in [0.1, 0.15) is 5.75 Å². The molecule has 2 heterocycles. The molecule has 2 aliphatic rings. The molecule has 0 aliphatic carbocycles. The van der Waals surface area contributed by atoms with E-state index in [4.69, 9.17) is 9.84 Å². The van der Waals surface area contributed by atoms with E-state index in [1.807, 2.05) is 12.1 Å². The quantitative estimate of drug-likeness (QED) is 0.577. The van der Waals surface area contributed by atoms with Crippen LogP contribution in [0, 0.1) is 5.92 Å². The number of hydrogen-bond donors (Lipinski definition) is 0. The Morgan fingerprint density at radius 3 is 2.21 bits per heavy atom. The topological polar surface area (TPSA) is 24.8 Å². The highest BCUT2D eigenvalue weighted by Crippen LogP contribution is 2.44. The molecule has 0 radical (unpaired) electrons. The van der Waals surface area contributed by atoms with Crippen molar-refractivity contribution in [1.82, 2.24) is 5.01 Å². The summed E-state index contributed by atoms with van der Waals surface area (Å²) in [4.78, 5) is 0. The summed E-state index contributed by atoms with van der Waals surface area (Å²) in [6, 6.07) is 27.9. The number of hydrogen-bond acceptors (Lipinski definition) is 3. The molecule has 0 aromatic heterocycles. The van der Waals surface area contributed by atoms with Crippen LogP contribution in [0.4, 0.5) is 0 Å². The largest absolute Gasteiger partial charge is 0.468 e. The maximum atomic E-state index is 6.29. The monoisotopic (exact) mass is 368 g/mol. The fraction of sp³-hybridized carbons (Fsp3) is 0.240. The number of nitrogens with zero attached hydrogens (tertiary/aromatic N) is 2. The molecule has 3 nitrogen and oxygen atoms in total. The number of rotatable bonds is 3. The van der Waals surface area contributed by atoms with Gasteiger partial charge in [0.2, 0.25) is 0 Å². The molecule has 3 heteroatoms. The SMILES string of the molecule is CC(C)[C@@H]1Oc2ccccc2[C@@H]2CC(c3ccc(-c4ccccc4)cc3)=NN21. The van der Waals surface area contributed by atoms with E-state index in [1.165, 1.54) is 22.3 Å². The third kappa shape index (κ3) is 2.88. The molecule has 140 valence electrons. The zero-order chi connectivity index (χ0) is 19.1. The first-order chi connectivity index (χ1) is 13.7. The van der Waals surface area contributed by atoms with E-state index in [0.717, 1.165) is 17.9 Å². The second kappa shape index (κ2) is 6.83. The third-order valence-corrected chi connectivity index (χ3v) is 5.62. The summed E-state index contributed by atoms with van der Waals surface area (Å²) in [5, 5.41) is 7.18. The summed E-state index contributed by atoms with van der Waals surface area (Å²) in [7, 11) is 0. The van der Waals surface area contributed by atoms with Crippen molar-refractivity contribution in [2.24, 2.45) is 11.0 Å². The van der Waals surface area contributed by atoms with Crippen molar-refractivity contribution >= 4 is 5.71 Å². The maximum Gasteiger partial charge on any atom is 0.190 e. The molecule has 0 fully saturated rings. The van der Waals surface area contributed by atoms with Gasteiger partial charge in [0.15, 0.2) is 6.23 Å². The Bertz CT molecular complexity index is 1010. The van der Waals surface area contributed by atoms with Crippen LogP contribution < -0.4 is 4.74 Å². The standard InChI is InChI=1S/C25H24N2O/c1-17(2)25-27-23(21-10-6-7-11-24(21)28-25)16-22(26-27)20-14-12-19(13-15-20)18-8-4-3-5-9-18/h3-15,17,23,25H,16H2,1-2H3/t23-,25-/m0/s1. The van der Waals surface area contributed by atoms with Crippen LogP contribution in [0.25, 0.3) is 11.1 Å². The molecular weight excluding hydrogens is 344 g/mol. The predicted molar refractivity (Wildman–Crippen MR) is 113 cm³/mol. The summed E-state index contributed by atoms with van der Waals surface area (Å²) in [6.07, 6.45) is 0.884.